The fourth-order valence-electron chi connectivity index (χ4n) is 3.83. The van der Waals surface area contributed by atoms with Gasteiger partial charge in [0.1, 0.15) is 11.3 Å². The number of hydrogen-bond donors (Lipinski definition) is 0. The average molecular weight is 414 g/mol. The molecule has 8 nitrogen and oxygen atoms in total. The third-order valence-electron chi connectivity index (χ3n) is 5.57. The van der Waals surface area contributed by atoms with Gasteiger partial charge in [-0.3, -0.25) is 4.79 Å². The Balaban J connectivity index is 1.25. The molecule has 2 aromatic heterocycles. The monoisotopic (exact) mass is 414 g/mol. The summed E-state index contributed by atoms with van der Waals surface area (Å²) in [6.45, 7) is 2.97. The summed E-state index contributed by atoms with van der Waals surface area (Å²) in [4.78, 5) is 21.5. The summed E-state index contributed by atoms with van der Waals surface area (Å²) in [5.74, 6) is 0.887. The predicted octanol–water partition coefficient (Wildman–Crippen LogP) is 2.79. The van der Waals surface area contributed by atoms with E-state index in [4.69, 9.17) is 4.74 Å². The maximum absolute atomic E-state index is 13.0. The number of methoxy groups -OCH3 is 1. The number of fused-ring (bicyclic) bond motifs is 1. The average Bonchev–Trinajstić information content (AvgIpc) is 3.28. The molecular weight excluding hydrogens is 392 g/mol. The zero-order chi connectivity index (χ0) is 21.2. The summed E-state index contributed by atoms with van der Waals surface area (Å²) in [6, 6.07) is 19.2. The van der Waals surface area contributed by atoms with Crippen molar-refractivity contribution in [1.29, 1.82) is 0 Å². The number of carbonyl (C=O) groups excluding carboxylic acids is 1. The van der Waals surface area contributed by atoms with E-state index in [1.165, 1.54) is 0 Å². The molecule has 0 radical (unpaired) electrons. The largest absolute Gasteiger partial charge is 0.497 e. The van der Waals surface area contributed by atoms with Crippen LogP contribution in [0.15, 0.2) is 66.9 Å². The van der Waals surface area contributed by atoms with E-state index >= 15 is 0 Å². The van der Waals surface area contributed by atoms with Crippen LogP contribution in [-0.2, 0) is 0 Å². The van der Waals surface area contributed by atoms with Gasteiger partial charge in [-0.1, -0.05) is 5.21 Å². The van der Waals surface area contributed by atoms with E-state index in [1.807, 2.05) is 53.4 Å². The number of ether oxygens (including phenoxy) is 1. The van der Waals surface area contributed by atoms with Crippen molar-refractivity contribution >= 4 is 22.8 Å². The Bertz CT molecular complexity index is 1190. The van der Waals surface area contributed by atoms with E-state index < -0.39 is 0 Å². The summed E-state index contributed by atoms with van der Waals surface area (Å²) in [5, 5.41) is 8.30. The van der Waals surface area contributed by atoms with E-state index in [1.54, 1.807) is 18.0 Å². The van der Waals surface area contributed by atoms with Gasteiger partial charge in [0.25, 0.3) is 5.91 Å². The minimum Gasteiger partial charge on any atom is -0.497 e. The highest BCUT2D eigenvalue weighted by Crippen LogP contribution is 2.21. The fraction of sp³-hybridized carbons (Fsp3) is 0.217. The topological polar surface area (TPSA) is 76.4 Å². The van der Waals surface area contributed by atoms with Crippen molar-refractivity contribution in [2.45, 2.75) is 0 Å². The number of anilines is 1. The number of piperazine rings is 1. The summed E-state index contributed by atoms with van der Waals surface area (Å²) in [6.07, 6.45) is 1.71. The van der Waals surface area contributed by atoms with Gasteiger partial charge in [-0.25, -0.2) is 4.98 Å². The van der Waals surface area contributed by atoms with Crippen LogP contribution in [0.5, 0.6) is 5.75 Å². The molecule has 1 aliphatic heterocycles. The lowest BCUT2D eigenvalue weighted by atomic mass is 10.1. The Labute approximate surface area is 179 Å². The lowest BCUT2D eigenvalue weighted by molar-refractivity contribution is 0.0747. The molecule has 4 aromatic rings. The Kier molecular flexibility index (Phi) is 4.95. The van der Waals surface area contributed by atoms with Gasteiger partial charge >= 0.3 is 0 Å². The molecule has 1 saturated heterocycles. The summed E-state index contributed by atoms with van der Waals surface area (Å²) >= 11 is 0. The third-order valence-corrected chi connectivity index (χ3v) is 5.57. The maximum Gasteiger partial charge on any atom is 0.253 e. The highest BCUT2D eigenvalue weighted by molar-refractivity contribution is 5.94. The zero-order valence-electron chi connectivity index (χ0n) is 17.2. The molecule has 0 atom stereocenters. The van der Waals surface area contributed by atoms with E-state index in [2.05, 4.69) is 32.3 Å². The van der Waals surface area contributed by atoms with Crippen LogP contribution in [0, 0.1) is 0 Å². The van der Waals surface area contributed by atoms with Crippen LogP contribution in [-0.4, -0.2) is 64.1 Å². The van der Waals surface area contributed by atoms with Gasteiger partial charge in [0.05, 0.1) is 12.8 Å². The molecule has 2 aromatic carbocycles. The highest BCUT2D eigenvalue weighted by atomic mass is 16.5. The van der Waals surface area contributed by atoms with Crippen molar-refractivity contribution in [3.05, 3.63) is 72.4 Å². The Morgan fingerprint density at radius 2 is 1.61 bits per heavy atom. The smallest absolute Gasteiger partial charge is 0.253 e. The molecule has 31 heavy (non-hydrogen) atoms. The number of rotatable bonds is 4. The van der Waals surface area contributed by atoms with Crippen LogP contribution < -0.4 is 9.64 Å². The van der Waals surface area contributed by atoms with Crippen molar-refractivity contribution in [2.75, 3.05) is 38.2 Å². The standard InChI is InChI=1S/C23H22N6O2/c1-31-20-10-8-18(9-11-20)27-13-15-28(16-14-27)23(30)17-4-6-19(7-5-17)29-22-21(25-26-29)3-2-12-24-22/h2-12H,13-16H2,1H3. The van der Waals surface area contributed by atoms with E-state index in [0.717, 1.165) is 35.7 Å². The minimum atomic E-state index is 0.0440. The van der Waals surface area contributed by atoms with Gasteiger partial charge in [0, 0.05) is 43.6 Å². The lowest BCUT2D eigenvalue weighted by Crippen LogP contribution is -2.48. The van der Waals surface area contributed by atoms with E-state index in [9.17, 15) is 4.79 Å². The van der Waals surface area contributed by atoms with Crippen molar-refractivity contribution in [3.8, 4) is 11.4 Å². The first-order valence-corrected chi connectivity index (χ1v) is 10.2. The van der Waals surface area contributed by atoms with Gasteiger partial charge in [0.2, 0.25) is 0 Å². The van der Waals surface area contributed by atoms with E-state index in [-0.39, 0.29) is 5.91 Å². The molecule has 1 aliphatic rings. The van der Waals surface area contributed by atoms with Crippen LogP contribution in [0.25, 0.3) is 16.9 Å². The number of aromatic nitrogens is 4. The third kappa shape index (κ3) is 3.68. The fourth-order valence-corrected chi connectivity index (χ4v) is 3.83. The molecule has 3 heterocycles. The van der Waals surface area contributed by atoms with Crippen LogP contribution >= 0.6 is 0 Å². The molecule has 0 spiro atoms. The number of nitrogens with zero attached hydrogens (tertiary/aromatic N) is 6. The van der Waals surface area contributed by atoms with Crippen LogP contribution in [0.3, 0.4) is 0 Å². The second-order valence-corrected chi connectivity index (χ2v) is 7.37. The number of benzene rings is 2. The van der Waals surface area contributed by atoms with Gasteiger partial charge in [-0.15, -0.1) is 5.10 Å². The van der Waals surface area contributed by atoms with E-state index in [0.29, 0.717) is 24.3 Å². The molecular formula is C23H22N6O2. The van der Waals surface area contributed by atoms with Gasteiger partial charge in [0.15, 0.2) is 5.65 Å². The van der Waals surface area contributed by atoms with Gasteiger partial charge < -0.3 is 14.5 Å². The number of hydrogen-bond acceptors (Lipinski definition) is 6. The molecule has 1 amide bonds. The first kappa shape index (κ1) is 19.0. The Morgan fingerprint density at radius 1 is 0.903 bits per heavy atom. The van der Waals surface area contributed by atoms with Crippen molar-refractivity contribution < 1.29 is 9.53 Å². The molecule has 5 rings (SSSR count). The highest BCUT2D eigenvalue weighted by Gasteiger charge is 2.22. The summed E-state index contributed by atoms with van der Waals surface area (Å²) in [7, 11) is 1.66. The Hall–Kier alpha value is -3.94. The zero-order valence-corrected chi connectivity index (χ0v) is 17.2. The predicted molar refractivity (Wildman–Crippen MR) is 118 cm³/mol. The van der Waals surface area contributed by atoms with Crippen molar-refractivity contribution in [2.24, 2.45) is 0 Å². The normalized spacial score (nSPS) is 14.1. The number of pyridine rings is 1. The second kappa shape index (κ2) is 8.06. The molecule has 0 saturated carbocycles. The molecule has 8 heteroatoms. The van der Waals surface area contributed by atoms with Crippen LogP contribution in [0.2, 0.25) is 0 Å². The molecule has 0 unspecified atom stereocenters. The lowest BCUT2D eigenvalue weighted by Gasteiger charge is -2.36. The van der Waals surface area contributed by atoms with Crippen LogP contribution in [0.4, 0.5) is 5.69 Å². The minimum absolute atomic E-state index is 0.0440. The number of amides is 1. The molecule has 1 fully saturated rings. The summed E-state index contributed by atoms with van der Waals surface area (Å²) < 4.78 is 6.90. The maximum atomic E-state index is 13.0. The van der Waals surface area contributed by atoms with Crippen LogP contribution in [0.1, 0.15) is 10.4 Å². The Morgan fingerprint density at radius 3 is 2.32 bits per heavy atom. The number of carbonyl (C=O) groups is 1. The quantitative estimate of drug-likeness (QED) is 0.511. The SMILES string of the molecule is COc1ccc(N2CCN(C(=O)c3ccc(-n4nnc5cccnc54)cc3)CC2)cc1. The van der Waals surface area contributed by atoms with Crippen molar-refractivity contribution in [1.82, 2.24) is 24.9 Å². The second-order valence-electron chi connectivity index (χ2n) is 7.37. The molecule has 156 valence electrons. The molecule has 0 N–H and O–H groups in total. The first-order valence-electron chi connectivity index (χ1n) is 10.2. The molecule has 0 aliphatic carbocycles. The molecule has 0 bridgehead atoms. The van der Waals surface area contributed by atoms with Gasteiger partial charge in [-0.2, -0.15) is 4.68 Å². The summed E-state index contributed by atoms with van der Waals surface area (Å²) in [5.41, 5.74) is 4.06. The first-order chi connectivity index (χ1) is 15.2. The van der Waals surface area contributed by atoms with Crippen molar-refractivity contribution in [3.63, 3.8) is 0 Å². The van der Waals surface area contributed by atoms with Gasteiger partial charge in [-0.05, 0) is 60.7 Å².